The van der Waals surface area contributed by atoms with Crippen molar-refractivity contribution in [2.24, 2.45) is 17.8 Å². The summed E-state index contributed by atoms with van der Waals surface area (Å²) in [5.41, 5.74) is 2.12. The molecule has 3 aliphatic rings. The van der Waals surface area contributed by atoms with E-state index in [0.717, 1.165) is 43.8 Å². The van der Waals surface area contributed by atoms with E-state index < -0.39 is 0 Å². The number of anilines is 2. The second-order valence-electron chi connectivity index (χ2n) is 7.33. The Hall–Kier alpha value is -1.55. The van der Waals surface area contributed by atoms with Crippen molar-refractivity contribution in [3.63, 3.8) is 0 Å². The molecule has 2 saturated carbocycles. The predicted molar refractivity (Wildman–Crippen MR) is 91.7 cm³/mol. The molecule has 2 bridgehead atoms. The monoisotopic (exact) mass is 314 g/mol. The van der Waals surface area contributed by atoms with E-state index in [1.165, 1.54) is 31.4 Å². The zero-order valence-electron chi connectivity index (χ0n) is 13.7. The maximum atomic E-state index is 12.3. The summed E-state index contributed by atoms with van der Waals surface area (Å²) in [6.45, 7) is 3.47. The van der Waals surface area contributed by atoms with Crippen molar-refractivity contribution in [1.29, 1.82) is 0 Å². The van der Waals surface area contributed by atoms with E-state index in [0.29, 0.717) is 12.3 Å². The van der Waals surface area contributed by atoms with E-state index in [2.05, 4.69) is 22.3 Å². The number of ether oxygens (including phenoxy) is 1. The van der Waals surface area contributed by atoms with Gasteiger partial charge in [0.1, 0.15) is 0 Å². The second kappa shape index (κ2) is 6.52. The molecule has 0 spiro atoms. The van der Waals surface area contributed by atoms with Crippen LogP contribution in [0, 0.1) is 17.8 Å². The van der Waals surface area contributed by atoms with Gasteiger partial charge < -0.3 is 15.0 Å². The van der Waals surface area contributed by atoms with Crippen LogP contribution in [0.15, 0.2) is 24.3 Å². The van der Waals surface area contributed by atoms with Crippen molar-refractivity contribution in [3.05, 3.63) is 24.3 Å². The molecule has 3 atom stereocenters. The van der Waals surface area contributed by atoms with Gasteiger partial charge in [-0.1, -0.05) is 6.42 Å². The van der Waals surface area contributed by atoms with Crippen LogP contribution in [-0.4, -0.2) is 32.2 Å². The quantitative estimate of drug-likeness (QED) is 0.927. The third-order valence-electron chi connectivity index (χ3n) is 5.86. The highest BCUT2D eigenvalue weighted by Crippen LogP contribution is 2.49. The van der Waals surface area contributed by atoms with Crippen LogP contribution in [0.4, 0.5) is 11.4 Å². The highest BCUT2D eigenvalue weighted by molar-refractivity contribution is 5.91. The summed E-state index contributed by atoms with van der Waals surface area (Å²) in [6, 6.07) is 8.23. The van der Waals surface area contributed by atoms with E-state index in [9.17, 15) is 4.79 Å². The molecule has 0 unspecified atom stereocenters. The summed E-state index contributed by atoms with van der Waals surface area (Å²) in [4.78, 5) is 14.6. The molecule has 1 saturated heterocycles. The molecule has 4 heteroatoms. The minimum Gasteiger partial charge on any atom is -0.378 e. The van der Waals surface area contributed by atoms with Gasteiger partial charge >= 0.3 is 0 Å². The fourth-order valence-electron chi connectivity index (χ4n) is 4.65. The number of benzene rings is 1. The Labute approximate surface area is 138 Å². The molecular formula is C19H26N2O2. The molecule has 0 radical (unpaired) electrons. The van der Waals surface area contributed by atoms with Crippen molar-refractivity contribution in [2.45, 2.75) is 32.1 Å². The number of carbonyl (C=O) groups is 1. The highest BCUT2D eigenvalue weighted by Gasteiger charge is 2.40. The molecule has 0 aromatic heterocycles. The first-order chi connectivity index (χ1) is 11.3. The van der Waals surface area contributed by atoms with E-state index in [-0.39, 0.29) is 5.91 Å². The summed E-state index contributed by atoms with van der Waals surface area (Å²) in [7, 11) is 0. The second-order valence-corrected chi connectivity index (χ2v) is 7.33. The number of carbonyl (C=O) groups excluding carboxylic acids is 1. The SMILES string of the molecule is O=C(C[C@H]1C[C@@H]2CC[C@@H]1C2)Nc1ccc(N2CCOCC2)cc1. The summed E-state index contributed by atoms with van der Waals surface area (Å²) in [5, 5.41) is 3.08. The zero-order valence-corrected chi connectivity index (χ0v) is 13.7. The molecule has 1 aromatic carbocycles. The Morgan fingerprint density at radius 2 is 1.91 bits per heavy atom. The molecule has 23 heavy (non-hydrogen) atoms. The normalized spacial score (nSPS) is 29.7. The van der Waals surface area contributed by atoms with Gasteiger partial charge in [0.05, 0.1) is 13.2 Å². The number of rotatable bonds is 4. The van der Waals surface area contributed by atoms with Gasteiger partial charge in [0, 0.05) is 30.9 Å². The average molecular weight is 314 g/mol. The van der Waals surface area contributed by atoms with E-state index in [1.54, 1.807) is 0 Å². The van der Waals surface area contributed by atoms with Crippen LogP contribution in [0.1, 0.15) is 32.1 Å². The third-order valence-corrected chi connectivity index (χ3v) is 5.86. The summed E-state index contributed by atoms with van der Waals surface area (Å²) >= 11 is 0. The lowest BCUT2D eigenvalue weighted by Crippen LogP contribution is -2.36. The minimum atomic E-state index is 0.182. The Bertz CT molecular complexity index is 551. The van der Waals surface area contributed by atoms with Crippen LogP contribution >= 0.6 is 0 Å². The maximum absolute atomic E-state index is 12.3. The average Bonchev–Trinajstić information content (AvgIpc) is 3.19. The van der Waals surface area contributed by atoms with Crippen molar-refractivity contribution in [1.82, 2.24) is 0 Å². The number of nitrogens with one attached hydrogen (secondary N) is 1. The van der Waals surface area contributed by atoms with Gasteiger partial charge in [0.2, 0.25) is 5.91 Å². The number of amides is 1. The molecule has 1 aliphatic heterocycles. The Morgan fingerprint density at radius 3 is 2.57 bits per heavy atom. The lowest BCUT2D eigenvalue weighted by Gasteiger charge is -2.29. The lowest BCUT2D eigenvalue weighted by molar-refractivity contribution is -0.117. The molecule has 2 aliphatic carbocycles. The van der Waals surface area contributed by atoms with Crippen LogP contribution in [0.3, 0.4) is 0 Å². The van der Waals surface area contributed by atoms with Gasteiger partial charge in [0.25, 0.3) is 0 Å². The van der Waals surface area contributed by atoms with Crippen LogP contribution in [0.5, 0.6) is 0 Å². The number of hydrogen-bond acceptors (Lipinski definition) is 3. The number of hydrogen-bond donors (Lipinski definition) is 1. The van der Waals surface area contributed by atoms with Crippen LogP contribution in [-0.2, 0) is 9.53 Å². The summed E-state index contributed by atoms with van der Waals surface area (Å²) in [6.07, 6.45) is 6.08. The number of fused-ring (bicyclic) bond motifs is 2. The maximum Gasteiger partial charge on any atom is 0.224 e. The topological polar surface area (TPSA) is 41.6 Å². The van der Waals surface area contributed by atoms with E-state index >= 15 is 0 Å². The molecule has 1 heterocycles. The van der Waals surface area contributed by atoms with Gasteiger partial charge in [-0.05, 0) is 61.3 Å². The first-order valence-corrected chi connectivity index (χ1v) is 9.00. The lowest BCUT2D eigenvalue weighted by atomic mass is 9.86. The molecular weight excluding hydrogens is 288 g/mol. The number of nitrogens with zero attached hydrogens (tertiary/aromatic N) is 1. The summed E-state index contributed by atoms with van der Waals surface area (Å²) < 4.78 is 5.38. The largest absolute Gasteiger partial charge is 0.378 e. The first kappa shape index (κ1) is 15.0. The fourth-order valence-corrected chi connectivity index (χ4v) is 4.65. The van der Waals surface area contributed by atoms with Crippen molar-refractivity contribution >= 4 is 17.3 Å². The van der Waals surface area contributed by atoms with Crippen molar-refractivity contribution < 1.29 is 9.53 Å². The van der Waals surface area contributed by atoms with Crippen molar-refractivity contribution in [2.75, 3.05) is 36.5 Å². The predicted octanol–water partition coefficient (Wildman–Crippen LogP) is 3.29. The first-order valence-electron chi connectivity index (χ1n) is 9.00. The molecule has 3 fully saturated rings. The molecule has 1 amide bonds. The Morgan fingerprint density at radius 1 is 1.13 bits per heavy atom. The van der Waals surface area contributed by atoms with Gasteiger partial charge in [-0.2, -0.15) is 0 Å². The third kappa shape index (κ3) is 3.37. The standard InChI is InChI=1S/C19H26N2O2/c22-19(13-16-12-14-1-2-15(16)11-14)20-17-3-5-18(6-4-17)21-7-9-23-10-8-21/h3-6,14-16H,1-2,7-13H2,(H,20,22)/t14-,15-,16-/m1/s1. The van der Waals surface area contributed by atoms with Gasteiger partial charge in [-0.25, -0.2) is 0 Å². The van der Waals surface area contributed by atoms with Crippen LogP contribution < -0.4 is 10.2 Å². The van der Waals surface area contributed by atoms with E-state index in [4.69, 9.17) is 4.74 Å². The molecule has 124 valence electrons. The smallest absolute Gasteiger partial charge is 0.224 e. The minimum absolute atomic E-state index is 0.182. The zero-order chi connectivity index (χ0) is 15.6. The van der Waals surface area contributed by atoms with E-state index in [1.807, 2.05) is 12.1 Å². The van der Waals surface area contributed by atoms with Gasteiger partial charge in [0.15, 0.2) is 0 Å². The summed E-state index contributed by atoms with van der Waals surface area (Å²) in [5.74, 6) is 2.53. The van der Waals surface area contributed by atoms with Gasteiger partial charge in [-0.15, -0.1) is 0 Å². The van der Waals surface area contributed by atoms with Crippen LogP contribution in [0.2, 0.25) is 0 Å². The van der Waals surface area contributed by atoms with Crippen molar-refractivity contribution in [3.8, 4) is 0 Å². The van der Waals surface area contributed by atoms with Gasteiger partial charge in [-0.3, -0.25) is 4.79 Å². The Kier molecular flexibility index (Phi) is 4.25. The number of morpholine rings is 1. The molecule has 1 N–H and O–H groups in total. The molecule has 1 aromatic rings. The Balaban J connectivity index is 1.30. The van der Waals surface area contributed by atoms with Crippen LogP contribution in [0.25, 0.3) is 0 Å². The highest BCUT2D eigenvalue weighted by atomic mass is 16.5. The fraction of sp³-hybridized carbons (Fsp3) is 0.632. The molecule has 4 rings (SSSR count). The molecule has 4 nitrogen and oxygen atoms in total.